The van der Waals surface area contributed by atoms with Crippen molar-refractivity contribution in [2.75, 3.05) is 38.0 Å². The van der Waals surface area contributed by atoms with E-state index in [0.717, 1.165) is 38.4 Å². The minimum atomic E-state index is 0.111. The molecular weight excluding hydrogens is 298 g/mol. The Morgan fingerprint density at radius 1 is 0.917 bits per heavy atom. The van der Waals surface area contributed by atoms with Crippen molar-refractivity contribution in [1.29, 1.82) is 0 Å². The van der Waals surface area contributed by atoms with Gasteiger partial charge in [0.1, 0.15) is 32.7 Å². The van der Waals surface area contributed by atoms with E-state index in [1.165, 1.54) is 16.0 Å². The highest BCUT2D eigenvalue weighted by molar-refractivity contribution is 5.91. The van der Waals surface area contributed by atoms with Crippen LogP contribution in [0.2, 0.25) is 0 Å². The lowest BCUT2D eigenvalue weighted by Gasteiger charge is -2.29. The van der Waals surface area contributed by atoms with Crippen molar-refractivity contribution in [3.63, 3.8) is 0 Å². The third-order valence-corrected chi connectivity index (χ3v) is 4.71. The Bertz CT molecular complexity index is 646. The molecule has 126 valence electrons. The normalized spacial score (nSPS) is 20.5. The molecule has 1 fully saturated rings. The molecule has 2 aromatic carbocycles. The Morgan fingerprint density at radius 3 is 2.21 bits per heavy atom. The van der Waals surface area contributed by atoms with E-state index < -0.39 is 0 Å². The number of anilines is 1. The van der Waals surface area contributed by atoms with Crippen molar-refractivity contribution in [3.8, 4) is 0 Å². The van der Waals surface area contributed by atoms with Crippen LogP contribution in [0.4, 0.5) is 5.69 Å². The van der Waals surface area contributed by atoms with E-state index in [-0.39, 0.29) is 5.91 Å². The van der Waals surface area contributed by atoms with Gasteiger partial charge in [0.15, 0.2) is 6.54 Å². The topological polar surface area (TPSA) is 38.0 Å². The number of aryl methyl sites for hydroxylation is 1. The van der Waals surface area contributed by atoms with Crippen molar-refractivity contribution >= 4 is 11.6 Å². The first-order valence-electron chi connectivity index (χ1n) is 8.76. The van der Waals surface area contributed by atoms with E-state index in [1.807, 2.05) is 31.2 Å². The first kappa shape index (κ1) is 16.7. The summed E-state index contributed by atoms with van der Waals surface area (Å²) in [5, 5.41) is 3.00. The fourth-order valence-corrected chi connectivity index (χ4v) is 3.26. The number of quaternary nitrogens is 2. The molecule has 1 heterocycles. The number of amides is 1. The predicted molar refractivity (Wildman–Crippen MR) is 96.2 cm³/mol. The molecular formula is C20H27N3O+2. The molecule has 1 amide bonds. The number of carbonyl (C=O) groups is 1. The molecule has 24 heavy (non-hydrogen) atoms. The Balaban J connectivity index is 1.41. The van der Waals surface area contributed by atoms with Crippen LogP contribution in [0.15, 0.2) is 54.6 Å². The van der Waals surface area contributed by atoms with Crippen molar-refractivity contribution < 1.29 is 14.6 Å². The van der Waals surface area contributed by atoms with Gasteiger partial charge in [-0.2, -0.15) is 0 Å². The maximum absolute atomic E-state index is 12.2. The Hall–Kier alpha value is -2.17. The van der Waals surface area contributed by atoms with Crippen LogP contribution >= 0.6 is 0 Å². The van der Waals surface area contributed by atoms with Crippen LogP contribution in [0.1, 0.15) is 11.1 Å². The second-order valence-corrected chi connectivity index (χ2v) is 6.75. The lowest BCUT2D eigenvalue weighted by atomic mass is 10.2. The summed E-state index contributed by atoms with van der Waals surface area (Å²) in [6, 6.07) is 18.6. The van der Waals surface area contributed by atoms with Gasteiger partial charge >= 0.3 is 0 Å². The molecule has 0 radical (unpaired) electrons. The molecule has 0 spiro atoms. The van der Waals surface area contributed by atoms with E-state index in [9.17, 15) is 4.79 Å². The molecule has 2 aromatic rings. The molecule has 3 rings (SSSR count). The van der Waals surface area contributed by atoms with Crippen molar-refractivity contribution in [2.45, 2.75) is 13.5 Å². The van der Waals surface area contributed by atoms with Crippen LogP contribution in [-0.4, -0.2) is 38.6 Å². The SMILES string of the molecule is Cc1ccc(NC(=O)C[NH+]2CC[NH+](Cc3ccccc3)CC2)cc1. The third-order valence-electron chi connectivity index (χ3n) is 4.71. The summed E-state index contributed by atoms with van der Waals surface area (Å²) in [5.41, 5.74) is 3.49. The van der Waals surface area contributed by atoms with E-state index >= 15 is 0 Å². The molecule has 0 unspecified atom stereocenters. The van der Waals surface area contributed by atoms with Crippen LogP contribution < -0.4 is 15.1 Å². The molecule has 1 aliphatic heterocycles. The minimum absolute atomic E-state index is 0.111. The molecule has 4 heteroatoms. The molecule has 0 saturated carbocycles. The monoisotopic (exact) mass is 325 g/mol. The van der Waals surface area contributed by atoms with Crippen LogP contribution in [0.3, 0.4) is 0 Å². The lowest BCUT2D eigenvalue weighted by Crippen LogP contribution is -3.28. The van der Waals surface area contributed by atoms with Crippen molar-refractivity contribution in [2.24, 2.45) is 0 Å². The number of nitrogens with one attached hydrogen (secondary N) is 3. The van der Waals surface area contributed by atoms with Gasteiger partial charge in [-0.15, -0.1) is 0 Å². The third kappa shape index (κ3) is 4.91. The van der Waals surface area contributed by atoms with Crippen molar-refractivity contribution in [3.05, 3.63) is 65.7 Å². The van der Waals surface area contributed by atoms with Gasteiger partial charge in [-0.1, -0.05) is 48.0 Å². The minimum Gasteiger partial charge on any atom is -0.322 e. The van der Waals surface area contributed by atoms with Gasteiger partial charge in [0, 0.05) is 11.3 Å². The highest BCUT2D eigenvalue weighted by Gasteiger charge is 2.24. The number of piperazine rings is 1. The second kappa shape index (κ2) is 8.08. The average Bonchev–Trinajstić information content (AvgIpc) is 2.60. The summed E-state index contributed by atoms with van der Waals surface area (Å²) >= 11 is 0. The summed E-state index contributed by atoms with van der Waals surface area (Å²) in [6.07, 6.45) is 0. The van der Waals surface area contributed by atoms with E-state index in [4.69, 9.17) is 0 Å². The smallest absolute Gasteiger partial charge is 0.279 e. The fourth-order valence-electron chi connectivity index (χ4n) is 3.26. The predicted octanol–water partition coefficient (Wildman–Crippen LogP) is -0.0829. The van der Waals surface area contributed by atoms with Gasteiger partial charge in [-0.25, -0.2) is 0 Å². The van der Waals surface area contributed by atoms with Crippen LogP contribution in [0.25, 0.3) is 0 Å². The highest BCUT2D eigenvalue weighted by Crippen LogP contribution is 2.07. The molecule has 0 bridgehead atoms. The lowest BCUT2D eigenvalue weighted by molar-refractivity contribution is -1.02. The van der Waals surface area contributed by atoms with Crippen LogP contribution in [0.5, 0.6) is 0 Å². The van der Waals surface area contributed by atoms with Crippen LogP contribution in [-0.2, 0) is 11.3 Å². The Labute approximate surface area is 144 Å². The van der Waals surface area contributed by atoms with Gasteiger partial charge in [0.2, 0.25) is 0 Å². The number of carbonyl (C=O) groups excluding carboxylic acids is 1. The van der Waals surface area contributed by atoms with Gasteiger partial charge in [-0.05, 0) is 19.1 Å². The molecule has 4 nitrogen and oxygen atoms in total. The summed E-state index contributed by atoms with van der Waals surface area (Å²) in [7, 11) is 0. The largest absolute Gasteiger partial charge is 0.322 e. The maximum atomic E-state index is 12.2. The van der Waals surface area contributed by atoms with E-state index in [2.05, 4.69) is 35.6 Å². The fraction of sp³-hybridized carbons (Fsp3) is 0.350. The Morgan fingerprint density at radius 2 is 1.54 bits per heavy atom. The molecule has 0 aromatic heterocycles. The number of rotatable bonds is 5. The zero-order chi connectivity index (χ0) is 16.8. The highest BCUT2D eigenvalue weighted by atomic mass is 16.2. The quantitative estimate of drug-likeness (QED) is 0.707. The summed E-state index contributed by atoms with van der Waals surface area (Å²) in [5.74, 6) is 0.111. The zero-order valence-electron chi connectivity index (χ0n) is 14.3. The molecule has 0 atom stereocenters. The zero-order valence-corrected chi connectivity index (χ0v) is 14.3. The van der Waals surface area contributed by atoms with Gasteiger partial charge < -0.3 is 15.1 Å². The summed E-state index contributed by atoms with van der Waals surface area (Å²) in [6.45, 7) is 8.07. The van der Waals surface area contributed by atoms with Crippen LogP contribution in [0, 0.1) is 6.92 Å². The maximum Gasteiger partial charge on any atom is 0.279 e. The van der Waals surface area contributed by atoms with Gasteiger partial charge in [0.05, 0.1) is 0 Å². The molecule has 3 N–H and O–H groups in total. The van der Waals surface area contributed by atoms with Crippen molar-refractivity contribution in [1.82, 2.24) is 0 Å². The van der Waals surface area contributed by atoms with E-state index in [0.29, 0.717) is 6.54 Å². The summed E-state index contributed by atoms with van der Waals surface area (Å²) in [4.78, 5) is 15.2. The molecule has 1 saturated heterocycles. The first-order valence-corrected chi connectivity index (χ1v) is 8.76. The average molecular weight is 325 g/mol. The Kier molecular flexibility index (Phi) is 5.62. The number of hydrogen-bond acceptors (Lipinski definition) is 1. The second-order valence-electron chi connectivity index (χ2n) is 6.75. The molecule has 0 aliphatic carbocycles. The number of hydrogen-bond donors (Lipinski definition) is 3. The van der Waals surface area contributed by atoms with E-state index in [1.54, 1.807) is 4.90 Å². The van der Waals surface area contributed by atoms with Gasteiger partial charge in [0.25, 0.3) is 5.91 Å². The number of benzene rings is 2. The van der Waals surface area contributed by atoms with Gasteiger partial charge in [-0.3, -0.25) is 4.79 Å². The first-order chi connectivity index (χ1) is 11.7. The standard InChI is InChI=1S/C20H25N3O/c1-17-7-9-19(10-8-17)21-20(24)16-23-13-11-22(12-14-23)15-18-5-3-2-4-6-18/h2-10H,11-16H2,1H3,(H,21,24)/p+2. The molecule has 1 aliphatic rings. The summed E-state index contributed by atoms with van der Waals surface area (Å²) < 4.78 is 0.